The van der Waals surface area contributed by atoms with Gasteiger partial charge in [0.25, 0.3) is 0 Å². The van der Waals surface area contributed by atoms with Crippen LogP contribution >= 0.6 is 0 Å². The molecule has 6 nitrogen and oxygen atoms in total. The van der Waals surface area contributed by atoms with Crippen molar-refractivity contribution in [3.05, 3.63) is 0 Å². The Labute approximate surface area is 107 Å². The molecule has 2 amide bonds. The first kappa shape index (κ1) is 14.8. The second-order valence-corrected chi connectivity index (χ2v) is 4.51. The molecule has 2 N–H and O–H groups in total. The van der Waals surface area contributed by atoms with Crippen LogP contribution in [0.3, 0.4) is 0 Å². The summed E-state index contributed by atoms with van der Waals surface area (Å²) in [6.07, 6.45) is 2.60. The van der Waals surface area contributed by atoms with E-state index < -0.39 is 5.97 Å². The van der Waals surface area contributed by atoms with Crippen molar-refractivity contribution in [1.29, 1.82) is 0 Å². The maximum Gasteiger partial charge on any atom is 0.323 e. The van der Waals surface area contributed by atoms with Crippen LogP contribution < -0.4 is 5.32 Å². The van der Waals surface area contributed by atoms with Crippen LogP contribution in [-0.4, -0.2) is 53.8 Å². The van der Waals surface area contributed by atoms with Crippen molar-refractivity contribution in [2.75, 3.05) is 19.7 Å². The zero-order chi connectivity index (χ0) is 13.5. The van der Waals surface area contributed by atoms with Gasteiger partial charge in [-0.05, 0) is 26.2 Å². The molecule has 0 saturated heterocycles. The first-order valence-electron chi connectivity index (χ1n) is 6.45. The molecule has 0 spiro atoms. The smallest absolute Gasteiger partial charge is 0.323 e. The molecule has 18 heavy (non-hydrogen) atoms. The number of nitrogens with one attached hydrogen (secondary N) is 1. The Morgan fingerprint density at radius 3 is 2.56 bits per heavy atom. The fourth-order valence-electron chi connectivity index (χ4n) is 2.01. The second-order valence-electron chi connectivity index (χ2n) is 4.51. The lowest BCUT2D eigenvalue weighted by molar-refractivity contribution is -0.137. The number of carbonyl (C=O) groups excluding carboxylic acids is 1. The quantitative estimate of drug-likeness (QED) is 0.715. The van der Waals surface area contributed by atoms with Crippen LogP contribution in [0, 0.1) is 0 Å². The Hall–Kier alpha value is -1.30. The van der Waals surface area contributed by atoms with Gasteiger partial charge in [0.1, 0.15) is 6.54 Å². The molecule has 0 aromatic carbocycles. The van der Waals surface area contributed by atoms with Crippen molar-refractivity contribution in [3.63, 3.8) is 0 Å². The van der Waals surface area contributed by atoms with E-state index in [0.29, 0.717) is 13.2 Å². The Balaban J connectivity index is 2.31. The maximum absolute atomic E-state index is 11.8. The molecule has 0 unspecified atom stereocenters. The lowest BCUT2D eigenvalue weighted by Crippen LogP contribution is -2.53. The van der Waals surface area contributed by atoms with Crippen LogP contribution in [0.2, 0.25) is 0 Å². The maximum atomic E-state index is 11.8. The first-order valence-corrected chi connectivity index (χ1v) is 6.45. The SMILES string of the molecule is CCCN(CC(=O)O)C(=O)NC1CC(OCC)C1. The number of carbonyl (C=O) groups is 2. The average molecular weight is 258 g/mol. The number of carboxylic acids is 1. The molecule has 6 heteroatoms. The van der Waals surface area contributed by atoms with Gasteiger partial charge in [0, 0.05) is 19.2 Å². The van der Waals surface area contributed by atoms with E-state index in [2.05, 4.69) is 5.32 Å². The topological polar surface area (TPSA) is 78.9 Å². The van der Waals surface area contributed by atoms with E-state index >= 15 is 0 Å². The van der Waals surface area contributed by atoms with Crippen LogP contribution in [0.25, 0.3) is 0 Å². The van der Waals surface area contributed by atoms with Gasteiger partial charge in [-0.25, -0.2) is 4.79 Å². The van der Waals surface area contributed by atoms with Gasteiger partial charge in [-0.3, -0.25) is 4.79 Å². The fourth-order valence-corrected chi connectivity index (χ4v) is 2.01. The van der Waals surface area contributed by atoms with E-state index in [1.165, 1.54) is 4.90 Å². The van der Waals surface area contributed by atoms with Gasteiger partial charge in [0.15, 0.2) is 0 Å². The zero-order valence-corrected chi connectivity index (χ0v) is 11.0. The Morgan fingerprint density at radius 1 is 1.39 bits per heavy atom. The predicted molar refractivity (Wildman–Crippen MR) is 66.5 cm³/mol. The highest BCUT2D eigenvalue weighted by molar-refractivity contribution is 5.80. The van der Waals surface area contributed by atoms with Gasteiger partial charge in [-0.15, -0.1) is 0 Å². The third kappa shape index (κ3) is 4.52. The van der Waals surface area contributed by atoms with Crippen molar-refractivity contribution in [2.45, 2.75) is 45.3 Å². The molecule has 0 heterocycles. The number of hydrogen-bond acceptors (Lipinski definition) is 3. The number of amides is 2. The molecule has 0 aromatic heterocycles. The molecule has 104 valence electrons. The normalized spacial score (nSPS) is 22.1. The number of hydrogen-bond donors (Lipinski definition) is 2. The molecule has 0 bridgehead atoms. The van der Waals surface area contributed by atoms with Crippen LogP contribution in [0.15, 0.2) is 0 Å². The highest BCUT2D eigenvalue weighted by atomic mass is 16.5. The van der Waals surface area contributed by atoms with Gasteiger partial charge in [0.05, 0.1) is 6.10 Å². The minimum atomic E-state index is -0.987. The van der Waals surface area contributed by atoms with E-state index in [-0.39, 0.29) is 24.7 Å². The third-order valence-corrected chi connectivity index (χ3v) is 2.93. The second kappa shape index (κ2) is 7.20. The molecule has 1 saturated carbocycles. The van der Waals surface area contributed by atoms with Crippen LogP contribution in [0.5, 0.6) is 0 Å². The molecule has 0 atom stereocenters. The van der Waals surface area contributed by atoms with Gasteiger partial charge >= 0.3 is 12.0 Å². The summed E-state index contributed by atoms with van der Waals surface area (Å²) in [6, 6.07) is -0.179. The van der Waals surface area contributed by atoms with Crippen LogP contribution in [0.1, 0.15) is 33.1 Å². The third-order valence-electron chi connectivity index (χ3n) is 2.93. The summed E-state index contributed by atoms with van der Waals surface area (Å²) >= 11 is 0. The molecule has 0 aromatic rings. The lowest BCUT2D eigenvalue weighted by Gasteiger charge is -2.36. The largest absolute Gasteiger partial charge is 0.480 e. The summed E-state index contributed by atoms with van der Waals surface area (Å²) < 4.78 is 5.40. The number of nitrogens with zero attached hydrogens (tertiary/aromatic N) is 1. The van der Waals surface area contributed by atoms with E-state index in [0.717, 1.165) is 19.3 Å². The fraction of sp³-hybridized carbons (Fsp3) is 0.833. The standard InChI is InChI=1S/C12H22N2O4/c1-3-5-14(8-11(15)16)12(17)13-9-6-10(7-9)18-4-2/h9-10H,3-8H2,1-2H3,(H,13,17)(H,15,16). The van der Waals surface area contributed by atoms with Crippen molar-refractivity contribution < 1.29 is 19.4 Å². The van der Waals surface area contributed by atoms with E-state index in [9.17, 15) is 9.59 Å². The lowest BCUT2D eigenvalue weighted by atomic mass is 9.89. The molecule has 1 fully saturated rings. The van der Waals surface area contributed by atoms with E-state index in [1.54, 1.807) is 0 Å². The van der Waals surface area contributed by atoms with Gasteiger partial charge < -0.3 is 20.1 Å². The van der Waals surface area contributed by atoms with Crippen molar-refractivity contribution in [2.24, 2.45) is 0 Å². The Bertz CT molecular complexity index is 290. The predicted octanol–water partition coefficient (Wildman–Crippen LogP) is 1.06. The molecule has 1 aliphatic rings. The number of aliphatic carboxylic acids is 1. The van der Waals surface area contributed by atoms with Gasteiger partial charge in [-0.2, -0.15) is 0 Å². The Kier molecular flexibility index (Phi) is 5.91. The number of rotatable bonds is 7. The average Bonchev–Trinajstić information content (AvgIpc) is 2.25. The molecule has 0 aliphatic heterocycles. The molecular formula is C12H22N2O4. The molecule has 0 radical (unpaired) electrons. The molecular weight excluding hydrogens is 236 g/mol. The van der Waals surface area contributed by atoms with Crippen molar-refractivity contribution in [1.82, 2.24) is 10.2 Å². The Morgan fingerprint density at radius 2 is 2.06 bits per heavy atom. The number of ether oxygens (including phenoxy) is 1. The first-order chi connectivity index (χ1) is 8.56. The molecule has 1 rings (SSSR count). The summed E-state index contributed by atoms with van der Waals surface area (Å²) in [6.45, 7) is 4.76. The zero-order valence-electron chi connectivity index (χ0n) is 11.0. The summed E-state index contributed by atoms with van der Waals surface area (Å²) in [4.78, 5) is 23.8. The van der Waals surface area contributed by atoms with Gasteiger partial charge in [0.2, 0.25) is 0 Å². The highest BCUT2D eigenvalue weighted by Gasteiger charge is 2.31. The summed E-state index contributed by atoms with van der Waals surface area (Å²) in [7, 11) is 0. The van der Waals surface area contributed by atoms with E-state index in [4.69, 9.17) is 9.84 Å². The van der Waals surface area contributed by atoms with Crippen molar-refractivity contribution >= 4 is 12.0 Å². The minimum absolute atomic E-state index is 0.113. The van der Waals surface area contributed by atoms with E-state index in [1.807, 2.05) is 13.8 Å². The highest BCUT2D eigenvalue weighted by Crippen LogP contribution is 2.23. The minimum Gasteiger partial charge on any atom is -0.480 e. The number of carboxylic acid groups (broad SMARTS) is 1. The summed E-state index contributed by atoms with van der Waals surface area (Å²) in [5.41, 5.74) is 0. The summed E-state index contributed by atoms with van der Waals surface area (Å²) in [5, 5.41) is 11.6. The van der Waals surface area contributed by atoms with Crippen LogP contribution in [-0.2, 0) is 9.53 Å². The molecule has 1 aliphatic carbocycles. The summed E-state index contributed by atoms with van der Waals surface area (Å²) in [5.74, 6) is -0.987. The van der Waals surface area contributed by atoms with Crippen LogP contribution in [0.4, 0.5) is 4.79 Å². The number of urea groups is 1. The van der Waals surface area contributed by atoms with Crippen molar-refractivity contribution in [3.8, 4) is 0 Å². The monoisotopic (exact) mass is 258 g/mol. The van der Waals surface area contributed by atoms with Gasteiger partial charge in [-0.1, -0.05) is 6.92 Å².